The lowest BCUT2D eigenvalue weighted by Crippen LogP contribution is -2.04. The molecule has 20 heavy (non-hydrogen) atoms. The maximum atomic E-state index is 4.65. The van der Waals surface area contributed by atoms with Crippen molar-refractivity contribution in [1.82, 2.24) is 29.6 Å². The number of rotatable bonds is 4. The number of tetrazole rings is 1. The van der Waals surface area contributed by atoms with Crippen molar-refractivity contribution in [2.45, 2.75) is 37.7 Å². The molecule has 0 atom stereocenters. The molecule has 0 saturated carbocycles. The molecule has 3 heterocycles. The van der Waals surface area contributed by atoms with E-state index in [-0.39, 0.29) is 6.04 Å². The summed E-state index contributed by atoms with van der Waals surface area (Å²) in [5, 5.41) is 12.6. The molecule has 0 fully saturated rings. The van der Waals surface area contributed by atoms with E-state index < -0.39 is 0 Å². The van der Waals surface area contributed by atoms with Gasteiger partial charge in [-0.1, -0.05) is 17.8 Å². The topological polar surface area (TPSA) is 60.9 Å². The van der Waals surface area contributed by atoms with E-state index in [4.69, 9.17) is 0 Å². The van der Waals surface area contributed by atoms with Crippen molar-refractivity contribution in [3.8, 4) is 0 Å². The predicted molar refractivity (Wildman–Crippen MR) is 77.7 cm³/mol. The molecular weight excluding hydrogens is 272 g/mol. The third-order valence-corrected chi connectivity index (χ3v) is 4.00. The molecule has 3 rings (SSSR count). The molecule has 0 aliphatic carbocycles. The molecule has 0 N–H and O–H groups in total. The molecular formula is C13H16N6S. The highest BCUT2D eigenvalue weighted by atomic mass is 32.2. The molecule has 0 radical (unpaired) electrons. The van der Waals surface area contributed by atoms with Crippen LogP contribution in [0.5, 0.6) is 0 Å². The molecule has 104 valence electrons. The summed E-state index contributed by atoms with van der Waals surface area (Å²) in [6.45, 7) is 6.20. The van der Waals surface area contributed by atoms with Gasteiger partial charge in [-0.2, -0.15) is 0 Å². The molecule has 7 heteroatoms. The van der Waals surface area contributed by atoms with Crippen LogP contribution in [0.4, 0.5) is 0 Å². The molecule has 3 aromatic rings. The maximum Gasteiger partial charge on any atom is 0.209 e. The lowest BCUT2D eigenvalue weighted by atomic mass is 10.3. The largest absolute Gasteiger partial charge is 0.307 e. The van der Waals surface area contributed by atoms with Crippen LogP contribution < -0.4 is 0 Å². The van der Waals surface area contributed by atoms with Gasteiger partial charge in [0.25, 0.3) is 0 Å². The summed E-state index contributed by atoms with van der Waals surface area (Å²) < 4.78 is 3.88. The Morgan fingerprint density at radius 3 is 2.95 bits per heavy atom. The number of aryl methyl sites for hydroxylation is 1. The summed E-state index contributed by atoms with van der Waals surface area (Å²) in [7, 11) is 0. The number of hydrogen-bond donors (Lipinski definition) is 0. The third-order valence-electron chi connectivity index (χ3n) is 3.03. The summed E-state index contributed by atoms with van der Waals surface area (Å²) in [6.07, 6.45) is 4.07. The second-order valence-corrected chi connectivity index (χ2v) is 5.89. The Bertz CT molecular complexity index is 729. The summed E-state index contributed by atoms with van der Waals surface area (Å²) >= 11 is 1.61. The summed E-state index contributed by atoms with van der Waals surface area (Å²) in [5.74, 6) is 0.758. The number of thioether (sulfide) groups is 1. The fourth-order valence-corrected chi connectivity index (χ4v) is 2.91. The van der Waals surface area contributed by atoms with Crippen LogP contribution in [0, 0.1) is 6.92 Å². The van der Waals surface area contributed by atoms with Crippen molar-refractivity contribution >= 4 is 17.4 Å². The van der Waals surface area contributed by atoms with Crippen molar-refractivity contribution in [3.63, 3.8) is 0 Å². The highest BCUT2D eigenvalue weighted by Crippen LogP contribution is 2.22. The summed E-state index contributed by atoms with van der Waals surface area (Å²) in [6, 6.07) is 4.36. The number of pyridine rings is 1. The van der Waals surface area contributed by atoms with Crippen LogP contribution in [0.15, 0.2) is 29.7 Å². The van der Waals surface area contributed by atoms with Crippen molar-refractivity contribution in [2.24, 2.45) is 0 Å². The number of imidazole rings is 1. The fraction of sp³-hybridized carbons (Fsp3) is 0.385. The summed E-state index contributed by atoms with van der Waals surface area (Å²) in [4.78, 5) is 4.65. The van der Waals surface area contributed by atoms with Crippen molar-refractivity contribution in [1.29, 1.82) is 0 Å². The van der Waals surface area contributed by atoms with Crippen LogP contribution in [0.25, 0.3) is 5.65 Å². The van der Waals surface area contributed by atoms with Gasteiger partial charge in [0.2, 0.25) is 5.16 Å². The molecule has 0 spiro atoms. The highest BCUT2D eigenvalue weighted by molar-refractivity contribution is 7.98. The average molecular weight is 288 g/mol. The van der Waals surface area contributed by atoms with Gasteiger partial charge in [0.15, 0.2) is 0 Å². The minimum Gasteiger partial charge on any atom is -0.307 e. The molecule has 0 aliphatic heterocycles. The zero-order valence-electron chi connectivity index (χ0n) is 11.7. The average Bonchev–Trinajstić information content (AvgIpc) is 3.03. The van der Waals surface area contributed by atoms with Gasteiger partial charge >= 0.3 is 0 Å². The van der Waals surface area contributed by atoms with Gasteiger partial charge in [-0.05, 0) is 42.8 Å². The van der Waals surface area contributed by atoms with Crippen LogP contribution in [-0.4, -0.2) is 29.6 Å². The zero-order valence-corrected chi connectivity index (χ0v) is 12.5. The van der Waals surface area contributed by atoms with Gasteiger partial charge in [-0.25, -0.2) is 9.67 Å². The zero-order chi connectivity index (χ0) is 14.1. The van der Waals surface area contributed by atoms with Gasteiger partial charge in [0, 0.05) is 18.1 Å². The van der Waals surface area contributed by atoms with Crippen LogP contribution in [0.2, 0.25) is 0 Å². The van der Waals surface area contributed by atoms with E-state index in [0.29, 0.717) is 0 Å². The first kappa shape index (κ1) is 13.1. The van der Waals surface area contributed by atoms with E-state index in [1.54, 1.807) is 11.8 Å². The van der Waals surface area contributed by atoms with Crippen molar-refractivity contribution < 1.29 is 0 Å². The van der Waals surface area contributed by atoms with E-state index in [0.717, 1.165) is 22.3 Å². The van der Waals surface area contributed by atoms with E-state index in [9.17, 15) is 0 Å². The molecule has 0 bridgehead atoms. The minimum atomic E-state index is 0.260. The van der Waals surface area contributed by atoms with Gasteiger partial charge in [0.1, 0.15) is 5.65 Å². The van der Waals surface area contributed by atoms with Crippen LogP contribution in [0.1, 0.15) is 31.1 Å². The van der Waals surface area contributed by atoms with E-state index in [1.165, 1.54) is 5.56 Å². The van der Waals surface area contributed by atoms with Crippen molar-refractivity contribution in [3.05, 3.63) is 35.8 Å². The Labute approximate surface area is 121 Å². The van der Waals surface area contributed by atoms with Gasteiger partial charge in [-0.15, -0.1) is 5.10 Å². The first-order valence-corrected chi connectivity index (χ1v) is 7.47. The lowest BCUT2D eigenvalue weighted by Gasteiger charge is -2.05. The van der Waals surface area contributed by atoms with Crippen LogP contribution >= 0.6 is 11.8 Å². The second-order valence-electron chi connectivity index (χ2n) is 4.94. The molecule has 0 aliphatic rings. The number of fused-ring (bicyclic) bond motifs is 1. The monoisotopic (exact) mass is 288 g/mol. The number of hydrogen-bond acceptors (Lipinski definition) is 5. The Morgan fingerprint density at radius 2 is 2.20 bits per heavy atom. The Hall–Kier alpha value is -1.89. The van der Waals surface area contributed by atoms with E-state index in [2.05, 4.69) is 57.9 Å². The smallest absolute Gasteiger partial charge is 0.209 e. The van der Waals surface area contributed by atoms with Crippen molar-refractivity contribution in [2.75, 3.05) is 0 Å². The van der Waals surface area contributed by atoms with Gasteiger partial charge < -0.3 is 4.40 Å². The predicted octanol–water partition coefficient (Wildman–Crippen LogP) is 2.50. The standard InChI is InChI=1S/C13H16N6S/c1-9(2)19-13(15-16-17-19)20-8-11-7-18-6-4-5-10(3)12(18)14-11/h4-7,9H,8H2,1-3H3. The molecule has 0 amide bonds. The Morgan fingerprint density at radius 1 is 1.35 bits per heavy atom. The first-order chi connectivity index (χ1) is 9.65. The first-order valence-electron chi connectivity index (χ1n) is 6.49. The second kappa shape index (κ2) is 5.24. The SMILES string of the molecule is Cc1cccn2cc(CSc3nnnn3C(C)C)nc12. The number of aromatic nitrogens is 6. The molecule has 0 saturated heterocycles. The minimum absolute atomic E-state index is 0.260. The maximum absolute atomic E-state index is 4.65. The molecule has 3 aromatic heterocycles. The summed E-state index contributed by atoms with van der Waals surface area (Å²) in [5.41, 5.74) is 3.21. The Kier molecular flexibility index (Phi) is 3.43. The highest BCUT2D eigenvalue weighted by Gasteiger charge is 2.11. The lowest BCUT2D eigenvalue weighted by molar-refractivity contribution is 0.477. The molecule has 0 aromatic carbocycles. The number of nitrogens with zero attached hydrogens (tertiary/aromatic N) is 6. The van der Waals surface area contributed by atoms with Crippen LogP contribution in [0.3, 0.4) is 0 Å². The van der Waals surface area contributed by atoms with Gasteiger partial charge in [-0.3, -0.25) is 0 Å². The van der Waals surface area contributed by atoms with E-state index >= 15 is 0 Å². The molecule has 0 unspecified atom stereocenters. The van der Waals surface area contributed by atoms with E-state index in [1.807, 2.05) is 16.9 Å². The quantitative estimate of drug-likeness (QED) is 0.690. The molecule has 6 nitrogen and oxygen atoms in total. The third kappa shape index (κ3) is 2.40. The van der Waals surface area contributed by atoms with Crippen LogP contribution in [-0.2, 0) is 5.75 Å². The fourth-order valence-electron chi connectivity index (χ4n) is 2.02. The normalized spacial score (nSPS) is 11.6. The Balaban J connectivity index is 1.80. The van der Waals surface area contributed by atoms with Gasteiger partial charge in [0.05, 0.1) is 11.7 Å².